The van der Waals surface area contributed by atoms with Gasteiger partial charge in [0.25, 0.3) is 0 Å². The summed E-state index contributed by atoms with van der Waals surface area (Å²) in [6, 6.07) is 8.78. The number of hydrogen-bond donors (Lipinski definition) is 1. The SMILES string of the molecule is CC1CCCC(CN)(OC2CCCc3ccccc32)C1. The Morgan fingerprint density at radius 3 is 2.90 bits per heavy atom. The number of benzene rings is 1. The van der Waals surface area contributed by atoms with Crippen LogP contribution in [0.1, 0.15) is 62.7 Å². The standard InChI is InChI=1S/C18H27NO/c1-14-6-5-11-18(12-14,13-19)20-17-10-4-8-15-7-2-3-9-16(15)17/h2-3,7,9,14,17H,4-6,8,10-13,19H2,1H3. The van der Waals surface area contributed by atoms with Crippen LogP contribution < -0.4 is 5.73 Å². The van der Waals surface area contributed by atoms with Crippen molar-refractivity contribution in [3.63, 3.8) is 0 Å². The smallest absolute Gasteiger partial charge is 0.0835 e. The number of ether oxygens (including phenoxy) is 1. The molecule has 110 valence electrons. The molecule has 3 unspecified atom stereocenters. The van der Waals surface area contributed by atoms with Gasteiger partial charge in [0.15, 0.2) is 0 Å². The molecule has 0 aliphatic heterocycles. The average molecular weight is 273 g/mol. The van der Waals surface area contributed by atoms with Crippen LogP contribution in [0.3, 0.4) is 0 Å². The summed E-state index contributed by atoms with van der Waals surface area (Å²) in [4.78, 5) is 0. The van der Waals surface area contributed by atoms with E-state index in [0.29, 0.717) is 6.54 Å². The molecule has 0 radical (unpaired) electrons. The van der Waals surface area contributed by atoms with Gasteiger partial charge in [0.2, 0.25) is 0 Å². The van der Waals surface area contributed by atoms with E-state index in [-0.39, 0.29) is 11.7 Å². The summed E-state index contributed by atoms with van der Waals surface area (Å²) in [5, 5.41) is 0. The van der Waals surface area contributed by atoms with Crippen molar-refractivity contribution in [2.45, 2.75) is 63.6 Å². The van der Waals surface area contributed by atoms with Gasteiger partial charge in [-0.3, -0.25) is 0 Å². The lowest BCUT2D eigenvalue weighted by Gasteiger charge is -2.43. The molecule has 2 nitrogen and oxygen atoms in total. The van der Waals surface area contributed by atoms with Crippen LogP contribution >= 0.6 is 0 Å². The van der Waals surface area contributed by atoms with Crippen molar-refractivity contribution in [2.24, 2.45) is 11.7 Å². The van der Waals surface area contributed by atoms with Gasteiger partial charge in [0.1, 0.15) is 0 Å². The molecule has 0 saturated heterocycles. The maximum absolute atomic E-state index is 6.64. The molecule has 2 aliphatic rings. The van der Waals surface area contributed by atoms with Gasteiger partial charge in [-0.05, 0) is 49.1 Å². The first kappa shape index (κ1) is 14.1. The maximum Gasteiger partial charge on any atom is 0.0835 e. The molecular weight excluding hydrogens is 246 g/mol. The highest BCUT2D eigenvalue weighted by Crippen LogP contribution is 2.41. The predicted octanol–water partition coefficient (Wildman–Crippen LogP) is 3.99. The summed E-state index contributed by atoms with van der Waals surface area (Å²) in [6.45, 7) is 3.00. The van der Waals surface area contributed by atoms with Crippen LogP contribution in [0.15, 0.2) is 24.3 Å². The minimum Gasteiger partial charge on any atom is -0.366 e. The summed E-state index contributed by atoms with van der Waals surface area (Å²) in [6.07, 6.45) is 8.68. The van der Waals surface area contributed by atoms with Crippen molar-refractivity contribution >= 4 is 0 Å². The third-order valence-electron chi connectivity index (χ3n) is 5.13. The van der Waals surface area contributed by atoms with Crippen molar-refractivity contribution in [1.82, 2.24) is 0 Å². The largest absolute Gasteiger partial charge is 0.366 e. The van der Waals surface area contributed by atoms with E-state index in [4.69, 9.17) is 10.5 Å². The highest BCUT2D eigenvalue weighted by atomic mass is 16.5. The van der Waals surface area contributed by atoms with Crippen LogP contribution in [-0.2, 0) is 11.2 Å². The highest BCUT2D eigenvalue weighted by molar-refractivity contribution is 5.31. The molecule has 0 spiro atoms. The van der Waals surface area contributed by atoms with Crippen LogP contribution in [0.5, 0.6) is 0 Å². The molecule has 2 N–H and O–H groups in total. The first-order chi connectivity index (χ1) is 9.72. The second-order valence-corrected chi connectivity index (χ2v) is 6.79. The van der Waals surface area contributed by atoms with Crippen LogP contribution in [-0.4, -0.2) is 12.1 Å². The van der Waals surface area contributed by atoms with E-state index in [2.05, 4.69) is 31.2 Å². The lowest BCUT2D eigenvalue weighted by molar-refractivity contribution is -0.123. The van der Waals surface area contributed by atoms with E-state index in [1.54, 1.807) is 0 Å². The molecule has 1 saturated carbocycles. The Morgan fingerprint density at radius 2 is 2.10 bits per heavy atom. The fourth-order valence-corrected chi connectivity index (χ4v) is 4.09. The van der Waals surface area contributed by atoms with Gasteiger partial charge < -0.3 is 10.5 Å². The molecule has 20 heavy (non-hydrogen) atoms. The lowest BCUT2D eigenvalue weighted by Crippen LogP contribution is -2.45. The molecule has 2 heteroatoms. The minimum absolute atomic E-state index is 0.0766. The fourth-order valence-electron chi connectivity index (χ4n) is 4.09. The average Bonchev–Trinajstić information content (AvgIpc) is 2.48. The molecule has 3 rings (SSSR count). The van der Waals surface area contributed by atoms with Gasteiger partial charge >= 0.3 is 0 Å². The van der Waals surface area contributed by atoms with Crippen molar-refractivity contribution in [2.75, 3.05) is 6.54 Å². The Labute approximate surface area is 122 Å². The molecule has 1 aromatic carbocycles. The van der Waals surface area contributed by atoms with Gasteiger partial charge in [-0.2, -0.15) is 0 Å². The monoisotopic (exact) mass is 273 g/mol. The molecule has 0 amide bonds. The molecule has 1 fully saturated rings. The van der Waals surface area contributed by atoms with E-state index in [1.807, 2.05) is 0 Å². The Kier molecular flexibility index (Phi) is 4.13. The topological polar surface area (TPSA) is 35.2 Å². The van der Waals surface area contributed by atoms with E-state index in [9.17, 15) is 0 Å². The van der Waals surface area contributed by atoms with E-state index >= 15 is 0 Å². The minimum atomic E-state index is -0.0766. The van der Waals surface area contributed by atoms with Crippen LogP contribution in [0.25, 0.3) is 0 Å². The number of aryl methyl sites for hydroxylation is 1. The van der Waals surface area contributed by atoms with Gasteiger partial charge in [-0.25, -0.2) is 0 Å². The summed E-state index contributed by atoms with van der Waals surface area (Å²) >= 11 is 0. The van der Waals surface area contributed by atoms with Gasteiger partial charge in [-0.15, -0.1) is 0 Å². The highest BCUT2D eigenvalue weighted by Gasteiger charge is 2.38. The predicted molar refractivity (Wildman–Crippen MR) is 82.6 cm³/mol. The number of fused-ring (bicyclic) bond motifs is 1. The van der Waals surface area contributed by atoms with Crippen molar-refractivity contribution in [3.05, 3.63) is 35.4 Å². The van der Waals surface area contributed by atoms with Crippen LogP contribution in [0, 0.1) is 5.92 Å². The third kappa shape index (κ3) is 2.77. The number of nitrogens with two attached hydrogens (primary N) is 1. The van der Waals surface area contributed by atoms with E-state index in [0.717, 1.165) is 25.2 Å². The zero-order valence-electron chi connectivity index (χ0n) is 12.6. The Morgan fingerprint density at radius 1 is 1.25 bits per heavy atom. The van der Waals surface area contributed by atoms with E-state index < -0.39 is 0 Å². The Hall–Kier alpha value is -0.860. The molecule has 0 bridgehead atoms. The van der Waals surface area contributed by atoms with Crippen LogP contribution in [0.2, 0.25) is 0 Å². The number of hydrogen-bond acceptors (Lipinski definition) is 2. The quantitative estimate of drug-likeness (QED) is 0.903. The van der Waals surface area contributed by atoms with Gasteiger partial charge in [0.05, 0.1) is 11.7 Å². The summed E-state index contributed by atoms with van der Waals surface area (Å²) in [7, 11) is 0. The zero-order valence-corrected chi connectivity index (χ0v) is 12.6. The molecule has 0 heterocycles. The number of rotatable bonds is 3. The van der Waals surface area contributed by atoms with Crippen molar-refractivity contribution < 1.29 is 4.74 Å². The zero-order chi connectivity index (χ0) is 14.0. The first-order valence-electron chi connectivity index (χ1n) is 8.18. The van der Waals surface area contributed by atoms with Crippen LogP contribution in [0.4, 0.5) is 0 Å². The molecule has 3 atom stereocenters. The normalized spacial score (nSPS) is 33.7. The summed E-state index contributed by atoms with van der Waals surface area (Å²) < 4.78 is 6.64. The lowest BCUT2D eigenvalue weighted by atomic mass is 9.78. The molecule has 0 aromatic heterocycles. The van der Waals surface area contributed by atoms with Crippen molar-refractivity contribution in [1.29, 1.82) is 0 Å². The second-order valence-electron chi connectivity index (χ2n) is 6.79. The first-order valence-corrected chi connectivity index (χ1v) is 8.18. The van der Waals surface area contributed by atoms with Gasteiger partial charge in [-0.1, -0.05) is 44.0 Å². The third-order valence-corrected chi connectivity index (χ3v) is 5.13. The second kappa shape index (κ2) is 5.87. The van der Waals surface area contributed by atoms with Gasteiger partial charge in [0, 0.05) is 6.54 Å². The molecule has 1 aromatic rings. The molecule has 2 aliphatic carbocycles. The summed E-state index contributed by atoms with van der Waals surface area (Å²) in [5.41, 5.74) is 8.92. The fraction of sp³-hybridized carbons (Fsp3) is 0.667. The summed E-state index contributed by atoms with van der Waals surface area (Å²) in [5.74, 6) is 0.742. The molecular formula is C18H27NO. The Balaban J connectivity index is 1.80. The van der Waals surface area contributed by atoms with E-state index in [1.165, 1.54) is 36.8 Å². The Bertz CT molecular complexity index is 458. The van der Waals surface area contributed by atoms with Crippen molar-refractivity contribution in [3.8, 4) is 0 Å². The maximum atomic E-state index is 6.64.